The Kier molecular flexibility index (Phi) is 7.69. The molecule has 1 aliphatic carbocycles. The Labute approximate surface area is 182 Å². The average Bonchev–Trinajstić information content (AvgIpc) is 2.78. The lowest BCUT2D eigenvalue weighted by atomic mass is 9.94. The van der Waals surface area contributed by atoms with Crippen LogP contribution in [0.15, 0.2) is 42.7 Å². The standard InChI is InChI=1S/C23H28ClN3O3/c1-16-10-11-20(30-2)19(13-16)27(21(28)14-24)22(17-7-6-12-25-15-17)23(29)26-18-8-4-3-5-9-18/h6-7,10-13,15,18,22H,3-5,8-9,14H2,1-2H3,(H,26,29)/t22-/m1/s1. The molecule has 1 saturated carbocycles. The van der Waals surface area contributed by atoms with Gasteiger partial charge < -0.3 is 10.1 Å². The first-order valence-corrected chi connectivity index (χ1v) is 10.8. The molecule has 1 aromatic heterocycles. The van der Waals surface area contributed by atoms with Crippen LogP contribution in [-0.4, -0.2) is 35.8 Å². The molecule has 0 bridgehead atoms. The number of benzene rings is 1. The summed E-state index contributed by atoms with van der Waals surface area (Å²) in [6.07, 6.45) is 8.53. The van der Waals surface area contributed by atoms with E-state index in [-0.39, 0.29) is 23.7 Å². The largest absolute Gasteiger partial charge is 0.495 e. The second-order valence-corrected chi connectivity index (χ2v) is 7.87. The first kappa shape index (κ1) is 22.1. The second kappa shape index (κ2) is 10.4. The maximum atomic E-state index is 13.5. The number of anilines is 1. The van der Waals surface area contributed by atoms with Gasteiger partial charge in [-0.1, -0.05) is 31.4 Å². The Morgan fingerprint density at radius 3 is 2.67 bits per heavy atom. The number of aromatic nitrogens is 1. The molecule has 0 aliphatic heterocycles. The number of halogens is 1. The number of nitrogens with one attached hydrogen (secondary N) is 1. The summed E-state index contributed by atoms with van der Waals surface area (Å²) < 4.78 is 5.51. The van der Waals surface area contributed by atoms with E-state index in [1.54, 1.807) is 37.7 Å². The van der Waals surface area contributed by atoms with E-state index in [4.69, 9.17) is 16.3 Å². The summed E-state index contributed by atoms with van der Waals surface area (Å²) >= 11 is 5.98. The Balaban J connectivity index is 2.07. The molecule has 30 heavy (non-hydrogen) atoms. The monoisotopic (exact) mass is 429 g/mol. The van der Waals surface area contributed by atoms with Crippen LogP contribution in [0.4, 0.5) is 5.69 Å². The SMILES string of the molecule is COc1ccc(C)cc1N(C(=O)CCl)[C@@H](C(=O)NC1CCCCC1)c1cccnc1. The van der Waals surface area contributed by atoms with Gasteiger partial charge in [-0.2, -0.15) is 0 Å². The summed E-state index contributed by atoms with van der Waals surface area (Å²) in [5.41, 5.74) is 2.07. The van der Waals surface area contributed by atoms with Crippen molar-refractivity contribution in [2.75, 3.05) is 17.9 Å². The summed E-state index contributed by atoms with van der Waals surface area (Å²) in [6.45, 7) is 1.92. The van der Waals surface area contributed by atoms with Gasteiger partial charge in [0.1, 0.15) is 17.7 Å². The smallest absolute Gasteiger partial charge is 0.248 e. The summed E-state index contributed by atoms with van der Waals surface area (Å²) in [4.78, 5) is 32.2. The number of pyridine rings is 1. The molecule has 2 amide bonds. The van der Waals surface area contributed by atoms with Crippen molar-refractivity contribution in [2.45, 2.75) is 51.1 Å². The van der Waals surface area contributed by atoms with Crippen molar-refractivity contribution in [3.8, 4) is 5.75 Å². The van der Waals surface area contributed by atoms with E-state index in [1.165, 1.54) is 11.3 Å². The van der Waals surface area contributed by atoms with E-state index in [2.05, 4.69) is 10.3 Å². The van der Waals surface area contributed by atoms with Gasteiger partial charge in [0, 0.05) is 24.0 Å². The van der Waals surface area contributed by atoms with Gasteiger partial charge in [-0.15, -0.1) is 11.6 Å². The lowest BCUT2D eigenvalue weighted by molar-refractivity contribution is -0.126. The minimum Gasteiger partial charge on any atom is -0.495 e. The zero-order valence-corrected chi connectivity index (χ0v) is 18.2. The molecule has 1 atom stereocenters. The van der Waals surface area contributed by atoms with Crippen LogP contribution in [0.25, 0.3) is 0 Å². The van der Waals surface area contributed by atoms with Gasteiger partial charge >= 0.3 is 0 Å². The van der Waals surface area contributed by atoms with Crippen LogP contribution in [0.1, 0.15) is 49.3 Å². The Hall–Kier alpha value is -2.60. The zero-order valence-electron chi connectivity index (χ0n) is 17.4. The normalized spacial score (nSPS) is 15.3. The molecular weight excluding hydrogens is 402 g/mol. The third kappa shape index (κ3) is 5.11. The highest BCUT2D eigenvalue weighted by Crippen LogP contribution is 2.36. The van der Waals surface area contributed by atoms with Gasteiger partial charge in [-0.25, -0.2) is 0 Å². The maximum absolute atomic E-state index is 13.5. The van der Waals surface area contributed by atoms with Crippen molar-refractivity contribution in [2.24, 2.45) is 0 Å². The van der Waals surface area contributed by atoms with Crippen LogP contribution >= 0.6 is 11.6 Å². The Bertz CT molecular complexity index is 869. The number of amides is 2. The summed E-state index contributed by atoms with van der Waals surface area (Å²) in [6, 6.07) is 8.29. The fourth-order valence-corrected chi connectivity index (χ4v) is 4.08. The fraction of sp³-hybridized carbons (Fsp3) is 0.435. The quantitative estimate of drug-likeness (QED) is 0.671. The summed E-state index contributed by atoms with van der Waals surface area (Å²) in [7, 11) is 1.54. The second-order valence-electron chi connectivity index (χ2n) is 7.61. The maximum Gasteiger partial charge on any atom is 0.248 e. The van der Waals surface area contributed by atoms with E-state index in [9.17, 15) is 9.59 Å². The van der Waals surface area contributed by atoms with Crippen LogP contribution in [0.5, 0.6) is 5.75 Å². The minimum absolute atomic E-state index is 0.109. The molecule has 6 nitrogen and oxygen atoms in total. The van der Waals surface area contributed by atoms with Crippen LogP contribution in [0.3, 0.4) is 0 Å². The molecule has 7 heteroatoms. The molecule has 1 heterocycles. The summed E-state index contributed by atoms with van der Waals surface area (Å²) in [5.74, 6) is -0.381. The lowest BCUT2D eigenvalue weighted by Gasteiger charge is -2.33. The molecule has 1 fully saturated rings. The van der Waals surface area contributed by atoms with E-state index < -0.39 is 6.04 Å². The predicted octanol–water partition coefficient (Wildman–Crippen LogP) is 4.16. The molecule has 0 spiro atoms. The van der Waals surface area contributed by atoms with Crippen LogP contribution < -0.4 is 15.0 Å². The van der Waals surface area contributed by atoms with Crippen LogP contribution in [-0.2, 0) is 9.59 Å². The van der Waals surface area contributed by atoms with Gasteiger partial charge in [0.25, 0.3) is 0 Å². The molecule has 3 rings (SSSR count). The van der Waals surface area contributed by atoms with E-state index >= 15 is 0 Å². The van der Waals surface area contributed by atoms with Crippen molar-refractivity contribution in [3.63, 3.8) is 0 Å². The Morgan fingerprint density at radius 2 is 2.03 bits per heavy atom. The van der Waals surface area contributed by atoms with Crippen molar-refractivity contribution in [1.29, 1.82) is 0 Å². The number of carbonyl (C=O) groups excluding carboxylic acids is 2. The first-order chi connectivity index (χ1) is 14.5. The third-order valence-electron chi connectivity index (χ3n) is 5.44. The van der Waals surface area contributed by atoms with Crippen LogP contribution in [0.2, 0.25) is 0 Å². The number of ether oxygens (including phenoxy) is 1. The van der Waals surface area contributed by atoms with Gasteiger partial charge in [0.05, 0.1) is 12.8 Å². The third-order valence-corrected chi connectivity index (χ3v) is 5.66. The van der Waals surface area contributed by atoms with E-state index in [0.29, 0.717) is 17.0 Å². The van der Waals surface area contributed by atoms with Gasteiger partial charge in [-0.05, 0) is 43.5 Å². The highest BCUT2D eigenvalue weighted by Gasteiger charge is 2.35. The van der Waals surface area contributed by atoms with Crippen LogP contribution in [0, 0.1) is 6.92 Å². The number of aryl methyl sites for hydroxylation is 1. The Morgan fingerprint density at radius 1 is 1.27 bits per heavy atom. The van der Waals surface area contributed by atoms with E-state index in [1.807, 2.05) is 19.1 Å². The first-order valence-electron chi connectivity index (χ1n) is 10.3. The van der Waals surface area contributed by atoms with Crippen molar-refractivity contribution in [3.05, 3.63) is 53.9 Å². The number of nitrogens with zero attached hydrogens (tertiary/aromatic N) is 2. The number of methoxy groups -OCH3 is 1. The van der Waals surface area contributed by atoms with Crippen molar-refractivity contribution in [1.82, 2.24) is 10.3 Å². The number of carbonyl (C=O) groups is 2. The minimum atomic E-state index is -0.900. The molecule has 0 radical (unpaired) electrons. The molecule has 2 aromatic rings. The van der Waals surface area contributed by atoms with Crippen molar-refractivity contribution >= 4 is 29.1 Å². The number of hydrogen-bond acceptors (Lipinski definition) is 4. The average molecular weight is 430 g/mol. The van der Waals surface area contributed by atoms with Gasteiger partial charge in [0.2, 0.25) is 11.8 Å². The lowest BCUT2D eigenvalue weighted by Crippen LogP contribution is -2.47. The highest BCUT2D eigenvalue weighted by atomic mass is 35.5. The molecule has 1 aliphatic rings. The van der Waals surface area contributed by atoms with Crippen molar-refractivity contribution < 1.29 is 14.3 Å². The molecule has 1 N–H and O–H groups in total. The zero-order chi connectivity index (χ0) is 21.5. The highest BCUT2D eigenvalue weighted by molar-refractivity contribution is 6.30. The number of alkyl halides is 1. The van der Waals surface area contributed by atoms with E-state index in [0.717, 1.165) is 31.2 Å². The molecule has 160 valence electrons. The fourth-order valence-electron chi connectivity index (χ4n) is 3.95. The predicted molar refractivity (Wildman–Crippen MR) is 118 cm³/mol. The molecule has 1 aromatic carbocycles. The topological polar surface area (TPSA) is 71.5 Å². The molecule has 0 saturated heterocycles. The number of rotatable bonds is 7. The molecular formula is C23H28ClN3O3. The molecule has 0 unspecified atom stereocenters. The van der Waals surface area contributed by atoms with Gasteiger partial charge in [0.15, 0.2) is 0 Å². The summed E-state index contributed by atoms with van der Waals surface area (Å²) in [5, 5.41) is 3.15. The number of hydrogen-bond donors (Lipinski definition) is 1. The van der Waals surface area contributed by atoms with Gasteiger partial charge in [-0.3, -0.25) is 19.5 Å².